The lowest BCUT2D eigenvalue weighted by atomic mass is 9.94. The molecule has 2 amide bonds. The van der Waals surface area contributed by atoms with Crippen molar-refractivity contribution in [3.05, 3.63) is 59.4 Å². The van der Waals surface area contributed by atoms with Crippen LogP contribution in [0.5, 0.6) is 5.75 Å². The van der Waals surface area contributed by atoms with Crippen molar-refractivity contribution in [2.75, 3.05) is 26.1 Å². The zero-order valence-corrected chi connectivity index (χ0v) is 18.4. The Labute approximate surface area is 190 Å². The van der Waals surface area contributed by atoms with Gasteiger partial charge in [-0.25, -0.2) is 4.39 Å². The fourth-order valence-corrected chi connectivity index (χ4v) is 4.18. The van der Waals surface area contributed by atoms with Crippen LogP contribution in [0.3, 0.4) is 0 Å². The standard InChI is InChI=1S/C24H25FN2O6/c1-27-19-9-8-17(12-22(28)31-2)33-21(19)13-32-20-10-7-16(11-18(20)24(27)30)26-23(29)14-3-5-15(25)6-4-14/h3-7,10-11,17,19,21H,8-9,12-13H2,1-2H3,(H,26,29)/t17-,19+,21+/m1/s1. The molecule has 0 unspecified atom stereocenters. The van der Waals surface area contributed by atoms with Gasteiger partial charge in [0.15, 0.2) is 0 Å². The summed E-state index contributed by atoms with van der Waals surface area (Å²) < 4.78 is 29.8. The van der Waals surface area contributed by atoms with Crippen LogP contribution in [-0.4, -0.2) is 61.7 Å². The summed E-state index contributed by atoms with van der Waals surface area (Å²) in [6.45, 7) is 0.217. The van der Waals surface area contributed by atoms with Gasteiger partial charge in [-0.15, -0.1) is 0 Å². The van der Waals surface area contributed by atoms with Crippen molar-refractivity contribution in [1.82, 2.24) is 4.90 Å². The van der Waals surface area contributed by atoms with E-state index in [9.17, 15) is 18.8 Å². The molecule has 0 saturated carbocycles. The zero-order chi connectivity index (χ0) is 23.5. The van der Waals surface area contributed by atoms with Gasteiger partial charge in [0.25, 0.3) is 11.8 Å². The van der Waals surface area contributed by atoms with Crippen LogP contribution in [-0.2, 0) is 14.3 Å². The van der Waals surface area contributed by atoms with E-state index in [2.05, 4.69) is 5.32 Å². The van der Waals surface area contributed by atoms with E-state index in [1.165, 1.54) is 31.4 Å². The summed E-state index contributed by atoms with van der Waals surface area (Å²) in [5.41, 5.74) is 1.04. The van der Waals surface area contributed by atoms with Gasteiger partial charge in [0, 0.05) is 18.3 Å². The average Bonchev–Trinajstić information content (AvgIpc) is 2.82. The topological polar surface area (TPSA) is 94.2 Å². The first kappa shape index (κ1) is 22.7. The highest BCUT2D eigenvalue weighted by Crippen LogP contribution is 2.32. The molecule has 0 aliphatic carbocycles. The lowest BCUT2D eigenvalue weighted by Gasteiger charge is -2.42. The minimum Gasteiger partial charge on any atom is -0.490 e. The second-order valence-electron chi connectivity index (χ2n) is 8.12. The van der Waals surface area contributed by atoms with Crippen LogP contribution in [0, 0.1) is 5.82 Å². The van der Waals surface area contributed by atoms with Crippen LogP contribution >= 0.6 is 0 Å². The van der Waals surface area contributed by atoms with Crippen molar-refractivity contribution in [2.45, 2.75) is 37.5 Å². The maximum absolute atomic E-state index is 13.3. The Kier molecular flexibility index (Phi) is 6.60. The number of rotatable bonds is 4. The first-order chi connectivity index (χ1) is 15.9. The molecule has 2 heterocycles. The number of nitrogens with one attached hydrogen (secondary N) is 1. The molecule has 2 aliphatic rings. The summed E-state index contributed by atoms with van der Waals surface area (Å²) in [6, 6.07) is 9.80. The minimum atomic E-state index is -0.431. The Hall–Kier alpha value is -3.46. The molecule has 174 valence electrons. The van der Waals surface area contributed by atoms with Crippen molar-refractivity contribution in [1.29, 1.82) is 0 Å². The van der Waals surface area contributed by atoms with Gasteiger partial charge in [-0.1, -0.05) is 0 Å². The molecule has 1 fully saturated rings. The Bertz CT molecular complexity index is 1060. The van der Waals surface area contributed by atoms with Crippen LogP contribution in [0.1, 0.15) is 40.0 Å². The van der Waals surface area contributed by atoms with Crippen molar-refractivity contribution >= 4 is 23.5 Å². The van der Waals surface area contributed by atoms with Crippen molar-refractivity contribution < 1.29 is 33.0 Å². The third-order valence-corrected chi connectivity index (χ3v) is 6.00. The Morgan fingerprint density at radius 1 is 1.18 bits per heavy atom. The number of fused-ring (bicyclic) bond motifs is 2. The van der Waals surface area contributed by atoms with E-state index >= 15 is 0 Å². The second kappa shape index (κ2) is 9.58. The highest BCUT2D eigenvalue weighted by Gasteiger charge is 2.39. The summed E-state index contributed by atoms with van der Waals surface area (Å²) in [6.07, 6.45) is 0.774. The van der Waals surface area contributed by atoms with Gasteiger partial charge in [0.2, 0.25) is 0 Å². The van der Waals surface area contributed by atoms with Crippen molar-refractivity contribution in [3.8, 4) is 5.75 Å². The number of carbonyl (C=O) groups is 3. The molecule has 2 aromatic carbocycles. The highest BCUT2D eigenvalue weighted by molar-refractivity contribution is 6.05. The summed E-state index contributed by atoms with van der Waals surface area (Å²) >= 11 is 0. The molecule has 0 spiro atoms. The van der Waals surface area contributed by atoms with Crippen LogP contribution in [0.4, 0.5) is 10.1 Å². The van der Waals surface area contributed by atoms with Crippen LogP contribution in [0.15, 0.2) is 42.5 Å². The SMILES string of the molecule is COC(=O)C[C@H]1CC[C@H]2[C@H](COc3ccc(NC(=O)c4ccc(F)cc4)cc3C(=O)N2C)O1. The molecule has 1 saturated heterocycles. The van der Waals surface area contributed by atoms with Crippen LogP contribution < -0.4 is 10.1 Å². The van der Waals surface area contributed by atoms with Crippen molar-refractivity contribution in [3.63, 3.8) is 0 Å². The van der Waals surface area contributed by atoms with Crippen LogP contribution in [0.2, 0.25) is 0 Å². The largest absolute Gasteiger partial charge is 0.490 e. The highest BCUT2D eigenvalue weighted by atomic mass is 19.1. The molecular formula is C24H25FN2O6. The van der Waals surface area contributed by atoms with Gasteiger partial charge < -0.3 is 24.4 Å². The molecular weight excluding hydrogens is 431 g/mol. The van der Waals surface area contributed by atoms with E-state index in [1.54, 1.807) is 30.1 Å². The fourth-order valence-electron chi connectivity index (χ4n) is 4.18. The fraction of sp³-hybridized carbons (Fsp3) is 0.375. The summed E-state index contributed by atoms with van der Waals surface area (Å²) in [5, 5.41) is 2.73. The van der Waals surface area contributed by atoms with E-state index in [0.29, 0.717) is 35.4 Å². The molecule has 1 N–H and O–H groups in total. The van der Waals surface area contributed by atoms with E-state index in [-0.39, 0.29) is 43.2 Å². The number of methoxy groups -OCH3 is 1. The van der Waals surface area contributed by atoms with E-state index in [4.69, 9.17) is 14.2 Å². The lowest BCUT2D eigenvalue weighted by molar-refractivity contribution is -0.151. The lowest BCUT2D eigenvalue weighted by Crippen LogP contribution is -2.53. The number of hydrogen-bond donors (Lipinski definition) is 1. The molecule has 2 aliphatic heterocycles. The summed E-state index contributed by atoms with van der Waals surface area (Å²) in [7, 11) is 3.05. The van der Waals surface area contributed by atoms with Crippen molar-refractivity contribution in [2.24, 2.45) is 0 Å². The Balaban J connectivity index is 1.51. The molecule has 4 rings (SSSR count). The van der Waals surface area contributed by atoms with E-state index < -0.39 is 11.7 Å². The van der Waals surface area contributed by atoms with Gasteiger partial charge in [-0.05, 0) is 55.3 Å². The first-order valence-corrected chi connectivity index (χ1v) is 10.7. The van der Waals surface area contributed by atoms with Gasteiger partial charge >= 0.3 is 5.97 Å². The average molecular weight is 456 g/mol. The Morgan fingerprint density at radius 3 is 2.67 bits per heavy atom. The monoisotopic (exact) mass is 456 g/mol. The van der Waals surface area contributed by atoms with Gasteiger partial charge in [-0.3, -0.25) is 14.4 Å². The zero-order valence-electron chi connectivity index (χ0n) is 18.4. The molecule has 0 bridgehead atoms. The van der Waals surface area contributed by atoms with Gasteiger partial charge in [-0.2, -0.15) is 0 Å². The number of nitrogens with zero attached hydrogens (tertiary/aromatic N) is 1. The number of anilines is 1. The summed E-state index contributed by atoms with van der Waals surface area (Å²) in [5.74, 6) is -1.06. The number of amides is 2. The molecule has 2 aromatic rings. The number of hydrogen-bond acceptors (Lipinski definition) is 6. The maximum Gasteiger partial charge on any atom is 0.308 e. The predicted molar refractivity (Wildman–Crippen MR) is 117 cm³/mol. The molecule has 0 aromatic heterocycles. The quantitative estimate of drug-likeness (QED) is 0.711. The number of carbonyl (C=O) groups excluding carboxylic acids is 3. The second-order valence-corrected chi connectivity index (χ2v) is 8.12. The maximum atomic E-state index is 13.3. The molecule has 8 nitrogen and oxygen atoms in total. The smallest absolute Gasteiger partial charge is 0.308 e. The normalized spacial score (nSPS) is 22.2. The molecule has 0 radical (unpaired) electrons. The number of likely N-dealkylation sites (N-methyl/N-ethyl adjacent to an activating group) is 1. The number of halogens is 1. The predicted octanol–water partition coefficient (Wildman–Crippen LogP) is 3.02. The third kappa shape index (κ3) is 4.98. The molecule has 3 atom stereocenters. The summed E-state index contributed by atoms with van der Waals surface area (Å²) in [4.78, 5) is 39.0. The molecule has 33 heavy (non-hydrogen) atoms. The van der Waals surface area contributed by atoms with Crippen LogP contribution in [0.25, 0.3) is 0 Å². The number of benzene rings is 2. The van der Waals surface area contributed by atoms with Gasteiger partial charge in [0.05, 0.1) is 31.2 Å². The van der Waals surface area contributed by atoms with Gasteiger partial charge in [0.1, 0.15) is 24.3 Å². The van der Waals surface area contributed by atoms with E-state index in [1.807, 2.05) is 0 Å². The molecule has 9 heteroatoms. The Morgan fingerprint density at radius 2 is 1.94 bits per heavy atom. The number of esters is 1. The number of ether oxygens (including phenoxy) is 3. The minimum absolute atomic E-state index is 0.158. The van der Waals surface area contributed by atoms with E-state index in [0.717, 1.165) is 0 Å². The third-order valence-electron chi connectivity index (χ3n) is 6.00. The first-order valence-electron chi connectivity index (χ1n) is 10.7.